The van der Waals surface area contributed by atoms with Crippen molar-refractivity contribution in [2.75, 3.05) is 6.54 Å². The van der Waals surface area contributed by atoms with E-state index in [0.717, 1.165) is 13.0 Å². The van der Waals surface area contributed by atoms with E-state index in [1.165, 1.54) is 11.1 Å². The molecule has 0 unspecified atom stereocenters. The van der Waals surface area contributed by atoms with Gasteiger partial charge in [-0.2, -0.15) is 0 Å². The number of allylic oxidation sites excluding steroid dienone is 4. The van der Waals surface area contributed by atoms with Crippen LogP contribution in [-0.2, 0) is 0 Å². The van der Waals surface area contributed by atoms with Gasteiger partial charge in [-0.05, 0) is 24.1 Å². The smallest absolute Gasteiger partial charge is 0.00365 e. The summed E-state index contributed by atoms with van der Waals surface area (Å²) in [6.45, 7) is 4.34. The van der Waals surface area contributed by atoms with Crippen LogP contribution in [0.15, 0.2) is 36.0 Å². The second-order valence-electron chi connectivity index (χ2n) is 2.07. The van der Waals surface area contributed by atoms with Crippen molar-refractivity contribution in [3.63, 3.8) is 0 Å². The molecule has 48 valence electrons. The summed E-state index contributed by atoms with van der Waals surface area (Å²) >= 11 is 0. The summed E-state index contributed by atoms with van der Waals surface area (Å²) in [4.78, 5) is 0. The Morgan fingerprint density at radius 3 is 3.00 bits per heavy atom. The van der Waals surface area contributed by atoms with Gasteiger partial charge in [0.2, 0.25) is 0 Å². The molecule has 0 fully saturated rings. The zero-order chi connectivity index (χ0) is 6.69. The van der Waals surface area contributed by atoms with E-state index < -0.39 is 0 Å². The van der Waals surface area contributed by atoms with Crippen LogP contribution >= 0.6 is 0 Å². The van der Waals surface area contributed by atoms with E-state index in [9.17, 15) is 0 Å². The maximum absolute atomic E-state index is 5.33. The lowest BCUT2D eigenvalue weighted by Crippen LogP contribution is -1.96. The highest BCUT2D eigenvalue weighted by molar-refractivity contribution is 5.58. The first-order chi connectivity index (χ1) is 4.38. The lowest BCUT2D eigenvalue weighted by Gasteiger charge is -1.83. The Morgan fingerprint density at radius 1 is 1.67 bits per heavy atom. The van der Waals surface area contributed by atoms with Crippen LogP contribution in [-0.4, -0.2) is 6.54 Å². The first-order valence-corrected chi connectivity index (χ1v) is 3.12. The monoisotopic (exact) mass is 121 g/mol. The predicted molar refractivity (Wildman–Crippen MR) is 40.0 cm³/mol. The second kappa shape index (κ2) is 2.65. The average Bonchev–Trinajstić information content (AvgIpc) is 2.50. The van der Waals surface area contributed by atoms with E-state index in [-0.39, 0.29) is 0 Å². The average molecular weight is 121 g/mol. The van der Waals surface area contributed by atoms with Crippen molar-refractivity contribution in [1.29, 1.82) is 0 Å². The van der Waals surface area contributed by atoms with Crippen LogP contribution in [0.3, 0.4) is 0 Å². The Bertz CT molecular complexity index is 175. The molecule has 1 aliphatic rings. The predicted octanol–water partition coefficient (Wildman–Crippen LogP) is 1.39. The molecular formula is C8H11N. The van der Waals surface area contributed by atoms with Gasteiger partial charge in [-0.25, -0.2) is 0 Å². The molecule has 0 saturated heterocycles. The standard InChI is InChI=1S/C8H11N/c1-2-3-7-6-8(7)4-5-9/h2-3,6H,1,4-5,9H2/b7-3-. The molecule has 0 amide bonds. The molecule has 1 heteroatoms. The minimum atomic E-state index is 0.750. The van der Waals surface area contributed by atoms with Crippen LogP contribution in [0.5, 0.6) is 0 Å². The molecule has 0 spiro atoms. The fourth-order valence-corrected chi connectivity index (χ4v) is 0.806. The SMILES string of the molecule is C=C/C=C1C=C/1CCN. The largest absolute Gasteiger partial charge is 0.330 e. The maximum atomic E-state index is 5.33. The molecule has 0 aliphatic heterocycles. The molecular weight excluding hydrogens is 110 g/mol. The van der Waals surface area contributed by atoms with Crippen molar-refractivity contribution < 1.29 is 0 Å². The van der Waals surface area contributed by atoms with Gasteiger partial charge in [-0.3, -0.25) is 0 Å². The van der Waals surface area contributed by atoms with E-state index >= 15 is 0 Å². The summed E-state index contributed by atoms with van der Waals surface area (Å²) in [7, 11) is 0. The Hall–Kier alpha value is -0.820. The van der Waals surface area contributed by atoms with E-state index in [4.69, 9.17) is 5.73 Å². The van der Waals surface area contributed by atoms with Gasteiger partial charge in [0.25, 0.3) is 0 Å². The normalized spacial score (nSPS) is 19.7. The molecule has 1 nitrogen and oxygen atoms in total. The number of hydrogen-bond acceptors (Lipinski definition) is 1. The first-order valence-electron chi connectivity index (χ1n) is 3.12. The summed E-state index contributed by atoms with van der Waals surface area (Å²) in [5, 5.41) is 0. The molecule has 0 atom stereocenters. The van der Waals surface area contributed by atoms with Gasteiger partial charge in [0.1, 0.15) is 0 Å². The fraction of sp³-hybridized carbons (Fsp3) is 0.250. The van der Waals surface area contributed by atoms with Crippen molar-refractivity contribution in [2.45, 2.75) is 6.42 Å². The van der Waals surface area contributed by atoms with Gasteiger partial charge >= 0.3 is 0 Å². The van der Waals surface area contributed by atoms with Gasteiger partial charge in [0.15, 0.2) is 0 Å². The third kappa shape index (κ3) is 1.54. The highest BCUT2D eigenvalue weighted by atomic mass is 14.5. The number of hydrogen-bond donors (Lipinski definition) is 1. The molecule has 1 aliphatic carbocycles. The minimum absolute atomic E-state index is 0.750. The third-order valence-electron chi connectivity index (χ3n) is 1.33. The molecule has 0 saturated carbocycles. The topological polar surface area (TPSA) is 26.0 Å². The summed E-state index contributed by atoms with van der Waals surface area (Å²) in [5.74, 6) is 0. The van der Waals surface area contributed by atoms with E-state index in [1.807, 2.05) is 6.08 Å². The molecule has 0 aromatic carbocycles. The lowest BCUT2D eigenvalue weighted by molar-refractivity contribution is 0.991. The molecule has 9 heavy (non-hydrogen) atoms. The van der Waals surface area contributed by atoms with Crippen molar-refractivity contribution in [3.8, 4) is 0 Å². The van der Waals surface area contributed by atoms with Gasteiger partial charge in [0.05, 0.1) is 0 Å². The van der Waals surface area contributed by atoms with E-state index in [2.05, 4.69) is 12.7 Å². The highest BCUT2D eigenvalue weighted by Crippen LogP contribution is 2.29. The summed E-state index contributed by atoms with van der Waals surface area (Å²) in [5.41, 5.74) is 8.04. The zero-order valence-electron chi connectivity index (χ0n) is 5.43. The molecule has 1 rings (SSSR count). The summed E-state index contributed by atoms with van der Waals surface area (Å²) in [6.07, 6.45) is 6.95. The molecule has 0 heterocycles. The molecule has 0 radical (unpaired) electrons. The first kappa shape index (κ1) is 6.30. The van der Waals surface area contributed by atoms with Crippen LogP contribution in [0, 0.1) is 0 Å². The minimum Gasteiger partial charge on any atom is -0.330 e. The van der Waals surface area contributed by atoms with Gasteiger partial charge in [-0.1, -0.05) is 24.8 Å². The second-order valence-corrected chi connectivity index (χ2v) is 2.07. The van der Waals surface area contributed by atoms with Crippen molar-refractivity contribution in [3.05, 3.63) is 36.0 Å². The summed E-state index contributed by atoms with van der Waals surface area (Å²) in [6, 6.07) is 0. The summed E-state index contributed by atoms with van der Waals surface area (Å²) < 4.78 is 0. The number of nitrogens with two attached hydrogens (primary N) is 1. The van der Waals surface area contributed by atoms with Crippen molar-refractivity contribution in [2.24, 2.45) is 5.73 Å². The third-order valence-corrected chi connectivity index (χ3v) is 1.33. The molecule has 0 aromatic heterocycles. The van der Waals surface area contributed by atoms with Crippen molar-refractivity contribution in [1.82, 2.24) is 0 Å². The van der Waals surface area contributed by atoms with Crippen LogP contribution in [0.25, 0.3) is 0 Å². The Kier molecular flexibility index (Phi) is 1.85. The highest BCUT2D eigenvalue weighted by Gasteiger charge is 2.12. The molecule has 0 aromatic rings. The number of rotatable bonds is 3. The van der Waals surface area contributed by atoms with Crippen LogP contribution in [0.1, 0.15) is 6.42 Å². The van der Waals surface area contributed by atoms with Gasteiger partial charge in [-0.15, -0.1) is 0 Å². The Balaban J connectivity index is 2.29. The van der Waals surface area contributed by atoms with E-state index in [0.29, 0.717) is 0 Å². The van der Waals surface area contributed by atoms with Crippen LogP contribution < -0.4 is 5.73 Å². The van der Waals surface area contributed by atoms with Gasteiger partial charge in [0, 0.05) is 0 Å². The van der Waals surface area contributed by atoms with Crippen LogP contribution in [0.2, 0.25) is 0 Å². The van der Waals surface area contributed by atoms with Crippen molar-refractivity contribution >= 4 is 0 Å². The lowest BCUT2D eigenvalue weighted by atomic mass is 10.3. The molecule has 0 bridgehead atoms. The fourth-order valence-electron chi connectivity index (χ4n) is 0.806. The van der Waals surface area contributed by atoms with Gasteiger partial charge < -0.3 is 5.73 Å². The Morgan fingerprint density at radius 2 is 2.44 bits per heavy atom. The van der Waals surface area contributed by atoms with Crippen LogP contribution in [0.4, 0.5) is 0 Å². The zero-order valence-corrected chi connectivity index (χ0v) is 5.43. The quantitative estimate of drug-likeness (QED) is 0.600. The molecule has 2 N–H and O–H groups in total. The maximum Gasteiger partial charge on any atom is -0.00365 e. The Labute approximate surface area is 55.6 Å². The van der Waals surface area contributed by atoms with E-state index in [1.54, 1.807) is 6.08 Å².